The zero-order valence-corrected chi connectivity index (χ0v) is 10.5. The lowest BCUT2D eigenvalue weighted by Crippen LogP contribution is -2.06. The quantitative estimate of drug-likeness (QED) is 0.833. The fourth-order valence-electron chi connectivity index (χ4n) is 1.73. The second-order valence-corrected chi connectivity index (χ2v) is 4.27. The summed E-state index contributed by atoms with van der Waals surface area (Å²) in [6.07, 6.45) is -0.605. The van der Waals surface area contributed by atoms with Gasteiger partial charge in [0.25, 0.3) is 0 Å². The zero-order chi connectivity index (χ0) is 13.5. The van der Waals surface area contributed by atoms with E-state index in [0.29, 0.717) is 13.0 Å². The first-order valence-electron chi connectivity index (χ1n) is 6.11. The number of ether oxygens (including phenoxy) is 1. The van der Waals surface area contributed by atoms with Crippen molar-refractivity contribution >= 4 is 0 Å². The number of hydrogen-bond donors (Lipinski definition) is 1. The summed E-state index contributed by atoms with van der Waals surface area (Å²) in [6, 6.07) is 19.2. The van der Waals surface area contributed by atoms with Crippen LogP contribution in [0.5, 0.6) is 5.75 Å². The van der Waals surface area contributed by atoms with Gasteiger partial charge in [0, 0.05) is 6.42 Å². The van der Waals surface area contributed by atoms with E-state index in [2.05, 4.69) is 0 Å². The molecule has 0 radical (unpaired) electrons. The molecule has 3 heteroatoms. The molecule has 0 heterocycles. The molecular formula is C16H15NO2. The van der Waals surface area contributed by atoms with Crippen LogP contribution in [-0.4, -0.2) is 11.2 Å². The van der Waals surface area contributed by atoms with Crippen LogP contribution in [0.4, 0.5) is 0 Å². The van der Waals surface area contributed by atoms with E-state index in [1.54, 1.807) is 6.07 Å². The number of aliphatic hydroxyl groups is 1. The summed E-state index contributed by atoms with van der Waals surface area (Å²) in [4.78, 5) is 0. The van der Waals surface area contributed by atoms with Crippen LogP contribution >= 0.6 is 0 Å². The molecule has 0 aliphatic heterocycles. The molecule has 19 heavy (non-hydrogen) atoms. The van der Waals surface area contributed by atoms with E-state index in [-0.39, 0.29) is 0 Å². The van der Waals surface area contributed by atoms with Crippen molar-refractivity contribution in [1.82, 2.24) is 0 Å². The Kier molecular flexibility index (Phi) is 4.54. The van der Waals surface area contributed by atoms with Gasteiger partial charge in [-0.1, -0.05) is 42.5 Å². The second kappa shape index (κ2) is 6.58. The van der Waals surface area contributed by atoms with E-state index in [4.69, 9.17) is 10.00 Å². The fourth-order valence-corrected chi connectivity index (χ4v) is 1.73. The summed E-state index contributed by atoms with van der Waals surface area (Å²) in [5.41, 5.74) is 2.03. The van der Waals surface area contributed by atoms with Crippen LogP contribution in [0.3, 0.4) is 0 Å². The van der Waals surface area contributed by atoms with Crippen LogP contribution in [0.1, 0.15) is 11.1 Å². The summed E-state index contributed by atoms with van der Waals surface area (Å²) >= 11 is 0. The Morgan fingerprint density at radius 3 is 2.32 bits per heavy atom. The summed E-state index contributed by atoms with van der Waals surface area (Å²) in [7, 11) is 0. The molecule has 0 fully saturated rings. The monoisotopic (exact) mass is 253 g/mol. The van der Waals surface area contributed by atoms with E-state index in [0.717, 1.165) is 16.9 Å². The first-order chi connectivity index (χ1) is 9.28. The summed E-state index contributed by atoms with van der Waals surface area (Å²) in [5, 5.41) is 17.8. The van der Waals surface area contributed by atoms with Crippen molar-refractivity contribution < 1.29 is 9.84 Å². The van der Waals surface area contributed by atoms with Gasteiger partial charge in [-0.05, 0) is 23.3 Å². The van der Waals surface area contributed by atoms with Gasteiger partial charge in [-0.3, -0.25) is 0 Å². The highest BCUT2D eigenvalue weighted by Crippen LogP contribution is 2.15. The van der Waals surface area contributed by atoms with Crippen molar-refractivity contribution in [2.45, 2.75) is 19.1 Å². The lowest BCUT2D eigenvalue weighted by Gasteiger charge is -2.07. The summed E-state index contributed by atoms with van der Waals surface area (Å²) in [5.74, 6) is 0.777. The SMILES string of the molecule is N#CC(O)Cc1ccc(OCc2ccccc2)cc1. The third kappa shape index (κ3) is 4.13. The van der Waals surface area contributed by atoms with Crippen molar-refractivity contribution in [1.29, 1.82) is 5.26 Å². The lowest BCUT2D eigenvalue weighted by molar-refractivity contribution is 0.231. The Labute approximate surface area is 112 Å². The highest BCUT2D eigenvalue weighted by atomic mass is 16.5. The molecule has 0 aromatic heterocycles. The molecule has 2 aromatic rings. The maximum atomic E-state index is 9.24. The molecule has 0 bridgehead atoms. The Balaban J connectivity index is 1.90. The third-order valence-corrected chi connectivity index (χ3v) is 2.75. The normalized spacial score (nSPS) is 11.6. The molecule has 1 N–H and O–H groups in total. The highest BCUT2D eigenvalue weighted by Gasteiger charge is 2.03. The number of nitriles is 1. The van der Waals surface area contributed by atoms with Gasteiger partial charge in [-0.2, -0.15) is 5.26 Å². The predicted molar refractivity (Wildman–Crippen MR) is 72.5 cm³/mol. The number of rotatable bonds is 5. The average molecular weight is 253 g/mol. The van der Waals surface area contributed by atoms with Crippen LogP contribution in [0.2, 0.25) is 0 Å². The van der Waals surface area contributed by atoms with Gasteiger partial charge >= 0.3 is 0 Å². The first kappa shape index (κ1) is 13.1. The topological polar surface area (TPSA) is 53.2 Å². The van der Waals surface area contributed by atoms with Gasteiger partial charge in [0.1, 0.15) is 18.5 Å². The average Bonchev–Trinajstić information content (AvgIpc) is 2.47. The lowest BCUT2D eigenvalue weighted by atomic mass is 10.1. The molecule has 0 saturated carbocycles. The number of benzene rings is 2. The van der Waals surface area contributed by atoms with Crippen molar-refractivity contribution in [3.63, 3.8) is 0 Å². The number of hydrogen-bond acceptors (Lipinski definition) is 3. The Bertz CT molecular complexity index is 543. The molecule has 2 aromatic carbocycles. The maximum Gasteiger partial charge on any atom is 0.144 e. The number of nitrogens with zero attached hydrogens (tertiary/aromatic N) is 1. The van der Waals surface area contributed by atoms with Gasteiger partial charge in [0.15, 0.2) is 0 Å². The Morgan fingerprint density at radius 2 is 1.68 bits per heavy atom. The minimum atomic E-state index is -0.948. The Hall–Kier alpha value is -2.31. The van der Waals surface area contributed by atoms with Crippen LogP contribution in [0.25, 0.3) is 0 Å². The fraction of sp³-hybridized carbons (Fsp3) is 0.188. The van der Waals surface area contributed by atoms with E-state index in [1.807, 2.05) is 54.6 Å². The minimum Gasteiger partial charge on any atom is -0.489 e. The standard InChI is InChI=1S/C16H15NO2/c17-11-15(18)10-13-6-8-16(9-7-13)19-12-14-4-2-1-3-5-14/h1-9,15,18H,10,12H2. The van der Waals surface area contributed by atoms with Crippen molar-refractivity contribution in [2.75, 3.05) is 0 Å². The molecular weight excluding hydrogens is 238 g/mol. The largest absolute Gasteiger partial charge is 0.489 e. The molecule has 2 rings (SSSR count). The molecule has 96 valence electrons. The molecule has 0 aliphatic carbocycles. The van der Waals surface area contributed by atoms with Crippen molar-refractivity contribution in [3.05, 3.63) is 65.7 Å². The highest BCUT2D eigenvalue weighted by molar-refractivity contribution is 5.28. The third-order valence-electron chi connectivity index (χ3n) is 2.75. The van der Waals surface area contributed by atoms with E-state index in [1.165, 1.54) is 0 Å². The second-order valence-electron chi connectivity index (χ2n) is 4.27. The zero-order valence-electron chi connectivity index (χ0n) is 10.5. The molecule has 0 saturated heterocycles. The van der Waals surface area contributed by atoms with E-state index >= 15 is 0 Å². The van der Waals surface area contributed by atoms with Crippen LogP contribution in [0, 0.1) is 11.3 Å². The molecule has 1 unspecified atom stereocenters. The van der Waals surface area contributed by atoms with Gasteiger partial charge < -0.3 is 9.84 Å². The van der Waals surface area contributed by atoms with Gasteiger partial charge in [0.05, 0.1) is 6.07 Å². The van der Waals surface area contributed by atoms with Gasteiger partial charge in [0.2, 0.25) is 0 Å². The molecule has 0 aliphatic rings. The van der Waals surface area contributed by atoms with Gasteiger partial charge in [-0.15, -0.1) is 0 Å². The smallest absolute Gasteiger partial charge is 0.144 e. The van der Waals surface area contributed by atoms with E-state index in [9.17, 15) is 5.11 Å². The van der Waals surface area contributed by atoms with Crippen molar-refractivity contribution in [2.24, 2.45) is 0 Å². The summed E-state index contributed by atoms with van der Waals surface area (Å²) < 4.78 is 5.65. The minimum absolute atomic E-state index is 0.343. The van der Waals surface area contributed by atoms with Crippen LogP contribution in [0.15, 0.2) is 54.6 Å². The van der Waals surface area contributed by atoms with Crippen molar-refractivity contribution in [3.8, 4) is 11.8 Å². The predicted octanol–water partition coefficient (Wildman–Crippen LogP) is 2.69. The Morgan fingerprint density at radius 1 is 1.00 bits per heavy atom. The number of aliphatic hydroxyl groups excluding tert-OH is 1. The maximum absolute atomic E-state index is 9.24. The molecule has 3 nitrogen and oxygen atoms in total. The molecule has 0 spiro atoms. The van der Waals surface area contributed by atoms with Crippen LogP contribution in [-0.2, 0) is 13.0 Å². The van der Waals surface area contributed by atoms with Crippen LogP contribution < -0.4 is 4.74 Å². The first-order valence-corrected chi connectivity index (χ1v) is 6.11. The summed E-state index contributed by atoms with van der Waals surface area (Å²) in [6.45, 7) is 0.529. The molecule has 1 atom stereocenters. The van der Waals surface area contributed by atoms with E-state index < -0.39 is 6.10 Å². The molecule has 0 amide bonds. The van der Waals surface area contributed by atoms with Gasteiger partial charge in [-0.25, -0.2) is 0 Å².